The number of carboxylic acids is 1. The molecule has 6 N–H and O–H groups in total. The lowest BCUT2D eigenvalue weighted by Gasteiger charge is -2.18. The highest BCUT2D eigenvalue weighted by atomic mass is 32.1. The molecule has 2 aliphatic rings. The van der Waals surface area contributed by atoms with Gasteiger partial charge >= 0.3 is 24.0 Å². The van der Waals surface area contributed by atoms with E-state index in [0.717, 1.165) is 78.6 Å². The SMILES string of the molecule is Cc1ccnc2cc(C(=O)NC[C@@H](N)C(=O)OC3CC3)sc12.Cc1ccnc2cc(C(=O)NC[C@@H](NC(=O)OCc3ccccc3)C(=O)OC3CC3)sc12.Cc1ccnc2cc(C(=O)O)sc12. The zero-order valence-corrected chi connectivity index (χ0v) is 39.1. The summed E-state index contributed by atoms with van der Waals surface area (Å²) in [5, 5.41) is 16.6. The fraction of sp³-hybridized carbons (Fsp3) is 0.298. The molecule has 348 valence electrons. The van der Waals surface area contributed by atoms with Crippen LogP contribution >= 0.6 is 34.0 Å². The topological polar surface area (TPSA) is 251 Å². The summed E-state index contributed by atoms with van der Waals surface area (Å²) in [5.41, 5.74) is 12.0. The number of fused-ring (bicyclic) bond motifs is 3. The summed E-state index contributed by atoms with van der Waals surface area (Å²) in [6, 6.07) is 18.0. The number of hydrogen-bond acceptors (Lipinski definition) is 16. The van der Waals surface area contributed by atoms with E-state index in [9.17, 15) is 28.8 Å². The Bertz CT molecular complexity index is 2930. The van der Waals surface area contributed by atoms with Gasteiger partial charge in [0.25, 0.3) is 11.8 Å². The molecule has 0 aliphatic heterocycles. The van der Waals surface area contributed by atoms with Crippen LogP contribution < -0.4 is 21.7 Å². The summed E-state index contributed by atoms with van der Waals surface area (Å²) in [6.45, 7) is 5.89. The highest BCUT2D eigenvalue weighted by Gasteiger charge is 2.32. The van der Waals surface area contributed by atoms with E-state index < -0.39 is 36.1 Å². The minimum atomic E-state index is -1.06. The summed E-state index contributed by atoms with van der Waals surface area (Å²) >= 11 is 3.98. The third-order valence-electron chi connectivity index (χ3n) is 10.1. The molecule has 20 heteroatoms. The third kappa shape index (κ3) is 13.4. The lowest BCUT2D eigenvalue weighted by Crippen LogP contribution is -2.49. The number of carbonyl (C=O) groups is 6. The van der Waals surface area contributed by atoms with E-state index >= 15 is 0 Å². The van der Waals surface area contributed by atoms with Crippen molar-refractivity contribution in [2.24, 2.45) is 5.73 Å². The number of ether oxygens (including phenoxy) is 3. The highest BCUT2D eigenvalue weighted by Crippen LogP contribution is 2.29. The Labute approximate surface area is 396 Å². The molecule has 2 saturated carbocycles. The Morgan fingerprint density at radius 3 is 1.57 bits per heavy atom. The highest BCUT2D eigenvalue weighted by molar-refractivity contribution is 7.21. The van der Waals surface area contributed by atoms with Crippen LogP contribution in [0.3, 0.4) is 0 Å². The van der Waals surface area contributed by atoms with Crippen LogP contribution in [0.5, 0.6) is 0 Å². The van der Waals surface area contributed by atoms with Gasteiger partial charge in [0.2, 0.25) is 0 Å². The van der Waals surface area contributed by atoms with E-state index in [1.54, 1.807) is 36.8 Å². The number of aryl methyl sites for hydroxylation is 3. The maximum atomic E-state index is 12.7. The second-order valence-electron chi connectivity index (χ2n) is 15.7. The van der Waals surface area contributed by atoms with Gasteiger partial charge in [-0.3, -0.25) is 29.3 Å². The van der Waals surface area contributed by atoms with Crippen molar-refractivity contribution >= 4 is 100 Å². The Kier molecular flexibility index (Phi) is 15.8. The predicted molar refractivity (Wildman–Crippen MR) is 254 cm³/mol. The van der Waals surface area contributed by atoms with Crippen molar-refractivity contribution in [1.29, 1.82) is 0 Å². The molecule has 6 heterocycles. The number of carbonyl (C=O) groups excluding carboxylic acids is 5. The van der Waals surface area contributed by atoms with Gasteiger partial charge in [-0.15, -0.1) is 34.0 Å². The molecule has 2 atom stereocenters. The number of carboxylic acid groups (broad SMARTS) is 1. The summed E-state index contributed by atoms with van der Waals surface area (Å²) in [4.78, 5) is 85.8. The number of thiophene rings is 3. The quantitative estimate of drug-likeness (QED) is 0.0544. The summed E-state index contributed by atoms with van der Waals surface area (Å²) < 4.78 is 18.5. The number of rotatable bonds is 14. The van der Waals surface area contributed by atoms with Crippen LogP contribution in [0.15, 0.2) is 85.3 Å². The molecule has 1 aromatic carbocycles. The Morgan fingerprint density at radius 2 is 1.10 bits per heavy atom. The van der Waals surface area contributed by atoms with Crippen LogP contribution in [0.2, 0.25) is 0 Å². The Hall–Kier alpha value is -6.87. The van der Waals surface area contributed by atoms with E-state index in [1.165, 1.54) is 34.0 Å². The first-order valence-electron chi connectivity index (χ1n) is 21.2. The van der Waals surface area contributed by atoms with Crippen LogP contribution in [0.25, 0.3) is 30.6 Å². The molecule has 9 rings (SSSR count). The van der Waals surface area contributed by atoms with Gasteiger partial charge in [0.15, 0.2) is 0 Å². The van der Waals surface area contributed by atoms with Gasteiger partial charge in [0.1, 0.15) is 35.8 Å². The van der Waals surface area contributed by atoms with E-state index in [-0.39, 0.29) is 43.7 Å². The fourth-order valence-electron chi connectivity index (χ4n) is 6.15. The number of amides is 3. The minimum Gasteiger partial charge on any atom is -0.477 e. The van der Waals surface area contributed by atoms with Gasteiger partial charge in [0, 0.05) is 31.7 Å². The minimum absolute atomic E-state index is 0.0193. The number of aromatic carboxylic acids is 1. The first-order chi connectivity index (χ1) is 32.2. The number of esters is 2. The van der Waals surface area contributed by atoms with Gasteiger partial charge in [-0.05, 0) is 105 Å². The lowest BCUT2D eigenvalue weighted by atomic mass is 10.2. The molecule has 0 radical (unpaired) electrons. The standard InChI is InChI=1S/C23H23N3O5S.C15H17N3O3S.C9H7NO2S/c1-14-9-10-24-17-11-19(32-20(14)17)21(27)25-12-18(22(28)31-16-7-8-16)26-23(29)30-13-15-5-3-2-4-6-15;1-8-4-5-17-11-6-12(22-13(8)11)14(19)18-7-10(16)15(20)21-9-2-3-9;1-5-2-3-10-6-4-7(9(11)12)13-8(5)6/h2-6,9-11,16,18H,7-8,12-13H2,1H3,(H,25,27)(H,26,29);4-6,9-10H,2-3,7,16H2,1H3,(H,18,19);2-4H,1H3,(H,11,12)/t18-;10-;/m11./s1. The summed E-state index contributed by atoms with van der Waals surface area (Å²) in [5.74, 6) is -2.55. The molecule has 2 aliphatic carbocycles. The molecule has 67 heavy (non-hydrogen) atoms. The number of benzene rings is 1. The van der Waals surface area contributed by atoms with Crippen LogP contribution in [0, 0.1) is 20.8 Å². The molecule has 6 aromatic heterocycles. The normalized spacial score (nSPS) is 13.8. The van der Waals surface area contributed by atoms with Crippen LogP contribution in [-0.4, -0.2) is 93.3 Å². The maximum Gasteiger partial charge on any atom is 0.408 e. The maximum absolute atomic E-state index is 12.7. The van der Waals surface area contributed by atoms with Crippen LogP contribution in [-0.2, 0) is 30.4 Å². The first kappa shape index (κ1) is 48.1. The van der Waals surface area contributed by atoms with Crippen molar-refractivity contribution in [1.82, 2.24) is 30.9 Å². The molecule has 2 fully saturated rings. The van der Waals surface area contributed by atoms with E-state index in [0.29, 0.717) is 14.6 Å². The van der Waals surface area contributed by atoms with Crippen molar-refractivity contribution < 1.29 is 48.1 Å². The zero-order chi connectivity index (χ0) is 47.6. The molecule has 0 spiro atoms. The van der Waals surface area contributed by atoms with E-state index in [1.807, 2.05) is 69.3 Å². The second kappa shape index (κ2) is 22.1. The van der Waals surface area contributed by atoms with Crippen LogP contribution in [0.1, 0.15) is 77.0 Å². The average molecular weight is 966 g/mol. The molecule has 7 aromatic rings. The third-order valence-corrected chi connectivity index (χ3v) is 13.9. The molecule has 3 amide bonds. The number of pyridine rings is 3. The Balaban J connectivity index is 0.000000164. The average Bonchev–Trinajstić information content (AvgIpc) is 4.15. The van der Waals surface area contributed by atoms with E-state index in [4.69, 9.17) is 25.1 Å². The number of nitrogens with zero attached hydrogens (tertiary/aromatic N) is 3. The number of hydrogen-bond donors (Lipinski definition) is 5. The van der Waals surface area contributed by atoms with E-state index in [2.05, 4.69) is 30.9 Å². The monoisotopic (exact) mass is 965 g/mol. The Morgan fingerprint density at radius 1 is 0.657 bits per heavy atom. The number of alkyl carbamates (subject to hydrolysis) is 1. The van der Waals surface area contributed by atoms with Gasteiger partial charge in [-0.2, -0.15) is 0 Å². The number of nitrogens with one attached hydrogen (secondary N) is 3. The zero-order valence-electron chi connectivity index (χ0n) is 36.6. The molecular weight excluding hydrogens is 919 g/mol. The predicted octanol–water partition coefficient (Wildman–Crippen LogP) is 7.01. The molecule has 0 bridgehead atoms. The summed E-state index contributed by atoms with van der Waals surface area (Å²) in [6.07, 6.45) is 7.65. The van der Waals surface area contributed by atoms with Crippen molar-refractivity contribution in [3.63, 3.8) is 0 Å². The summed E-state index contributed by atoms with van der Waals surface area (Å²) in [7, 11) is 0. The fourth-order valence-corrected chi connectivity index (χ4v) is 9.07. The molecule has 17 nitrogen and oxygen atoms in total. The molecular formula is C47H47N7O10S3. The van der Waals surface area contributed by atoms with Crippen molar-refractivity contribution in [2.45, 2.75) is 77.4 Å². The molecule has 0 saturated heterocycles. The molecule has 0 unspecified atom stereocenters. The lowest BCUT2D eigenvalue weighted by molar-refractivity contribution is -0.147. The van der Waals surface area contributed by atoms with Crippen LogP contribution in [0.4, 0.5) is 4.79 Å². The van der Waals surface area contributed by atoms with Crippen molar-refractivity contribution in [3.8, 4) is 0 Å². The van der Waals surface area contributed by atoms with Crippen molar-refractivity contribution in [2.75, 3.05) is 13.1 Å². The van der Waals surface area contributed by atoms with Gasteiger partial charge in [-0.25, -0.2) is 14.4 Å². The van der Waals surface area contributed by atoms with Crippen molar-refractivity contribution in [3.05, 3.63) is 122 Å². The van der Waals surface area contributed by atoms with Gasteiger partial charge in [-0.1, -0.05) is 30.3 Å². The second-order valence-corrected chi connectivity index (χ2v) is 18.9. The number of nitrogens with two attached hydrogens (primary N) is 1. The largest absolute Gasteiger partial charge is 0.477 e. The smallest absolute Gasteiger partial charge is 0.408 e. The van der Waals surface area contributed by atoms with Gasteiger partial charge in [0.05, 0.1) is 40.4 Å². The van der Waals surface area contributed by atoms with Gasteiger partial charge < -0.3 is 41.0 Å². The number of aromatic nitrogens is 3. The first-order valence-corrected chi connectivity index (χ1v) is 23.7.